The van der Waals surface area contributed by atoms with E-state index in [-0.39, 0.29) is 5.91 Å². The number of anilines is 1. The maximum atomic E-state index is 11.1. The van der Waals surface area contributed by atoms with Crippen LogP contribution in [0.1, 0.15) is 12.6 Å². The summed E-state index contributed by atoms with van der Waals surface area (Å²) in [6.45, 7) is 3.39. The fourth-order valence-electron chi connectivity index (χ4n) is 1.67. The molecule has 0 spiro atoms. The first-order valence-electron chi connectivity index (χ1n) is 5.58. The first-order valence-corrected chi connectivity index (χ1v) is 5.58. The molecule has 18 heavy (non-hydrogen) atoms. The number of carbonyl (C=O) groups is 1. The minimum Gasteiger partial charge on any atom is -0.494 e. The first kappa shape index (κ1) is 12.2. The second-order valence-electron chi connectivity index (χ2n) is 3.97. The average Bonchev–Trinajstić information content (AvgIpc) is 2.75. The van der Waals surface area contributed by atoms with Crippen molar-refractivity contribution in [2.24, 2.45) is 0 Å². The molecule has 1 N–H and O–H groups in total. The van der Waals surface area contributed by atoms with E-state index in [9.17, 15) is 4.79 Å². The third-order valence-corrected chi connectivity index (χ3v) is 2.48. The Balaban J connectivity index is 2.38. The monoisotopic (exact) mass is 245 g/mol. The molecular weight excluding hydrogens is 230 g/mol. The second kappa shape index (κ2) is 4.91. The topological polar surface area (TPSA) is 56.1 Å². The van der Waals surface area contributed by atoms with Gasteiger partial charge in [-0.15, -0.1) is 0 Å². The Morgan fingerprint density at radius 3 is 2.72 bits per heavy atom. The Hall–Kier alpha value is -2.30. The molecule has 0 saturated heterocycles. The van der Waals surface area contributed by atoms with Gasteiger partial charge in [-0.25, -0.2) is 4.68 Å². The molecule has 0 unspecified atom stereocenters. The van der Waals surface area contributed by atoms with Gasteiger partial charge in [-0.05, 0) is 25.1 Å². The summed E-state index contributed by atoms with van der Waals surface area (Å²) in [4.78, 5) is 11.1. The van der Waals surface area contributed by atoms with Crippen molar-refractivity contribution >= 4 is 11.6 Å². The van der Waals surface area contributed by atoms with Crippen LogP contribution in [0.25, 0.3) is 5.69 Å². The maximum Gasteiger partial charge on any atom is 0.221 e. The molecule has 1 aromatic carbocycles. The highest BCUT2D eigenvalue weighted by Gasteiger charge is 2.07. The van der Waals surface area contributed by atoms with Gasteiger partial charge < -0.3 is 10.1 Å². The van der Waals surface area contributed by atoms with Crippen LogP contribution in [0.5, 0.6) is 5.75 Å². The van der Waals surface area contributed by atoms with Crippen molar-refractivity contribution in [3.63, 3.8) is 0 Å². The number of carbonyl (C=O) groups excluding carboxylic acids is 1. The molecular formula is C13H15N3O2. The molecule has 0 aliphatic carbocycles. The number of hydrogen-bond donors (Lipinski definition) is 1. The van der Waals surface area contributed by atoms with Crippen molar-refractivity contribution in [2.45, 2.75) is 13.8 Å². The minimum atomic E-state index is -0.129. The van der Waals surface area contributed by atoms with E-state index in [1.807, 2.05) is 31.3 Å². The Morgan fingerprint density at radius 1 is 1.39 bits per heavy atom. The molecule has 0 bridgehead atoms. The summed E-state index contributed by atoms with van der Waals surface area (Å²) >= 11 is 0. The van der Waals surface area contributed by atoms with Crippen molar-refractivity contribution < 1.29 is 9.53 Å². The van der Waals surface area contributed by atoms with Crippen molar-refractivity contribution in [2.75, 3.05) is 12.4 Å². The van der Waals surface area contributed by atoms with Crippen LogP contribution < -0.4 is 10.1 Å². The normalized spacial score (nSPS) is 10.2. The van der Waals surface area contributed by atoms with E-state index in [1.165, 1.54) is 6.92 Å². The molecule has 2 rings (SSSR count). The fraction of sp³-hybridized carbons (Fsp3) is 0.231. The predicted molar refractivity (Wildman–Crippen MR) is 69.2 cm³/mol. The molecule has 0 aliphatic rings. The Morgan fingerprint density at radius 2 is 2.17 bits per heavy atom. The number of rotatable bonds is 3. The average molecular weight is 245 g/mol. The maximum absolute atomic E-state index is 11.1. The van der Waals surface area contributed by atoms with E-state index in [0.29, 0.717) is 11.4 Å². The highest BCUT2D eigenvalue weighted by Crippen LogP contribution is 2.27. The van der Waals surface area contributed by atoms with Gasteiger partial charge in [0.1, 0.15) is 5.75 Å². The van der Waals surface area contributed by atoms with E-state index in [2.05, 4.69) is 10.4 Å². The molecule has 2 aromatic rings. The Kier molecular flexibility index (Phi) is 3.32. The zero-order valence-corrected chi connectivity index (χ0v) is 10.6. The van der Waals surface area contributed by atoms with E-state index in [4.69, 9.17) is 4.74 Å². The summed E-state index contributed by atoms with van der Waals surface area (Å²) in [7, 11) is 1.57. The lowest BCUT2D eigenvalue weighted by Gasteiger charge is -2.10. The molecule has 0 aliphatic heterocycles. The predicted octanol–water partition coefficient (Wildman–Crippen LogP) is 2.15. The second-order valence-corrected chi connectivity index (χ2v) is 3.97. The molecule has 0 radical (unpaired) electrons. The number of hydrogen-bond acceptors (Lipinski definition) is 3. The Bertz CT molecular complexity index is 575. The van der Waals surface area contributed by atoms with Gasteiger partial charge in [0.15, 0.2) is 0 Å². The van der Waals surface area contributed by atoms with Crippen molar-refractivity contribution in [1.29, 1.82) is 0 Å². The van der Waals surface area contributed by atoms with Gasteiger partial charge in [0, 0.05) is 19.2 Å². The number of aryl methyl sites for hydroxylation is 1. The summed E-state index contributed by atoms with van der Waals surface area (Å²) in [6.07, 6.45) is 1.88. The number of nitrogens with zero attached hydrogens (tertiary/aromatic N) is 2. The van der Waals surface area contributed by atoms with Crippen molar-refractivity contribution in [1.82, 2.24) is 9.78 Å². The van der Waals surface area contributed by atoms with Gasteiger partial charge in [0.05, 0.1) is 24.2 Å². The molecule has 94 valence electrons. The molecule has 1 aromatic heterocycles. The lowest BCUT2D eigenvalue weighted by Crippen LogP contribution is -2.07. The minimum absolute atomic E-state index is 0.129. The number of amides is 1. The summed E-state index contributed by atoms with van der Waals surface area (Å²) in [5, 5.41) is 7.04. The number of nitrogens with one attached hydrogen (secondary N) is 1. The van der Waals surface area contributed by atoms with E-state index >= 15 is 0 Å². The molecule has 0 fully saturated rings. The van der Waals surface area contributed by atoms with Crippen LogP contribution in [0.3, 0.4) is 0 Å². The van der Waals surface area contributed by atoms with Crippen LogP contribution >= 0.6 is 0 Å². The zero-order chi connectivity index (χ0) is 13.1. The van der Waals surface area contributed by atoms with E-state index in [0.717, 1.165) is 11.4 Å². The van der Waals surface area contributed by atoms with Crippen molar-refractivity contribution in [3.05, 3.63) is 36.2 Å². The van der Waals surface area contributed by atoms with Crippen LogP contribution in [-0.4, -0.2) is 22.8 Å². The zero-order valence-electron chi connectivity index (χ0n) is 10.6. The third-order valence-electron chi connectivity index (χ3n) is 2.48. The highest BCUT2D eigenvalue weighted by molar-refractivity contribution is 5.90. The molecule has 1 heterocycles. The largest absolute Gasteiger partial charge is 0.494 e. The Labute approximate surface area is 105 Å². The molecule has 5 heteroatoms. The van der Waals surface area contributed by atoms with E-state index in [1.54, 1.807) is 17.9 Å². The molecule has 1 amide bonds. The van der Waals surface area contributed by atoms with E-state index < -0.39 is 0 Å². The first-order chi connectivity index (χ1) is 8.60. The third kappa shape index (κ3) is 2.51. The smallest absolute Gasteiger partial charge is 0.221 e. The lowest BCUT2D eigenvalue weighted by molar-refractivity contribution is -0.114. The molecule has 5 nitrogen and oxygen atoms in total. The molecule has 0 atom stereocenters. The van der Waals surface area contributed by atoms with Crippen LogP contribution in [0, 0.1) is 6.92 Å². The summed E-state index contributed by atoms with van der Waals surface area (Å²) in [5.41, 5.74) is 2.48. The van der Waals surface area contributed by atoms with Gasteiger partial charge >= 0.3 is 0 Å². The van der Waals surface area contributed by atoms with Crippen LogP contribution in [0.2, 0.25) is 0 Å². The lowest BCUT2D eigenvalue weighted by atomic mass is 10.2. The highest BCUT2D eigenvalue weighted by atomic mass is 16.5. The number of ether oxygens (including phenoxy) is 1. The quantitative estimate of drug-likeness (QED) is 0.901. The van der Waals surface area contributed by atoms with Gasteiger partial charge in [-0.3, -0.25) is 4.79 Å². The SMILES string of the molecule is COc1cc(-n2ccc(C)n2)ccc1NC(C)=O. The summed E-state index contributed by atoms with van der Waals surface area (Å²) in [5.74, 6) is 0.479. The number of benzene rings is 1. The standard InChI is InChI=1S/C13H15N3O2/c1-9-6-7-16(15-9)11-4-5-12(14-10(2)17)13(8-11)18-3/h4-8H,1-3H3,(H,14,17). The van der Waals surface area contributed by atoms with Crippen LogP contribution in [0.15, 0.2) is 30.5 Å². The van der Waals surface area contributed by atoms with Gasteiger partial charge in [0.2, 0.25) is 5.91 Å². The van der Waals surface area contributed by atoms with Gasteiger partial charge in [-0.2, -0.15) is 5.10 Å². The number of aromatic nitrogens is 2. The van der Waals surface area contributed by atoms with Crippen LogP contribution in [-0.2, 0) is 4.79 Å². The van der Waals surface area contributed by atoms with Gasteiger partial charge in [0.25, 0.3) is 0 Å². The summed E-state index contributed by atoms with van der Waals surface area (Å²) < 4.78 is 7.02. The van der Waals surface area contributed by atoms with Crippen molar-refractivity contribution in [3.8, 4) is 11.4 Å². The fourth-order valence-corrected chi connectivity index (χ4v) is 1.67. The summed E-state index contributed by atoms with van der Waals surface area (Å²) in [6, 6.07) is 7.43. The van der Waals surface area contributed by atoms with Gasteiger partial charge in [-0.1, -0.05) is 0 Å². The number of methoxy groups -OCH3 is 1. The molecule has 0 saturated carbocycles. The van der Waals surface area contributed by atoms with Crippen LogP contribution in [0.4, 0.5) is 5.69 Å².